The van der Waals surface area contributed by atoms with Gasteiger partial charge >= 0.3 is 0 Å². The molecule has 3 rings (SSSR count). The van der Waals surface area contributed by atoms with Gasteiger partial charge in [0.15, 0.2) is 0 Å². The van der Waals surface area contributed by atoms with Gasteiger partial charge in [0.2, 0.25) is 0 Å². The number of nitrogens with zero attached hydrogens (tertiary/aromatic N) is 2. The van der Waals surface area contributed by atoms with E-state index in [0.29, 0.717) is 10.9 Å². The van der Waals surface area contributed by atoms with Crippen molar-refractivity contribution in [3.05, 3.63) is 70.3 Å². The normalized spacial score (nSPS) is 11.5. The molecule has 0 aliphatic carbocycles. The molecule has 4 nitrogen and oxygen atoms in total. The molecular weight excluding hydrogens is 327 g/mol. The molecule has 0 fully saturated rings. The van der Waals surface area contributed by atoms with Gasteiger partial charge in [-0.05, 0) is 24.3 Å². The number of rotatable bonds is 3. The first-order valence-electron chi connectivity index (χ1n) is 6.24. The van der Waals surface area contributed by atoms with Crippen LogP contribution in [0.2, 0.25) is 5.02 Å². The smallest absolute Gasteiger partial charge is 0.125 e. The average molecular weight is 336 g/mol. The van der Waals surface area contributed by atoms with Crippen LogP contribution in [-0.4, -0.2) is 13.4 Å². The molecule has 0 amide bonds. The standard InChI is InChI=1S/C15H9ClFN2O2S/c16-11-6-7-13(12(17)9-11)19-22(20,21)14-5-1-3-10-4-2-8-18-15(10)14/h1-9H/q-1. The summed E-state index contributed by atoms with van der Waals surface area (Å²) in [7, 11) is -4.10. The maximum Gasteiger partial charge on any atom is 0.125 e. The van der Waals surface area contributed by atoms with Crippen molar-refractivity contribution >= 4 is 38.2 Å². The van der Waals surface area contributed by atoms with Crippen molar-refractivity contribution < 1.29 is 12.8 Å². The Morgan fingerprint density at radius 1 is 1.09 bits per heavy atom. The molecule has 0 aliphatic rings. The Morgan fingerprint density at radius 3 is 2.64 bits per heavy atom. The Bertz CT molecular complexity index is 955. The zero-order chi connectivity index (χ0) is 15.7. The first kappa shape index (κ1) is 14.7. The van der Waals surface area contributed by atoms with E-state index >= 15 is 0 Å². The Kier molecular flexibility index (Phi) is 3.72. The lowest BCUT2D eigenvalue weighted by Gasteiger charge is -2.23. The summed E-state index contributed by atoms with van der Waals surface area (Å²) in [5.41, 5.74) is 0.000422. The van der Waals surface area contributed by atoms with Crippen molar-refractivity contribution in [1.29, 1.82) is 0 Å². The van der Waals surface area contributed by atoms with E-state index in [1.165, 1.54) is 24.4 Å². The predicted molar refractivity (Wildman–Crippen MR) is 83.4 cm³/mol. The predicted octanol–water partition coefficient (Wildman–Crippen LogP) is 4.42. The molecule has 0 saturated carbocycles. The molecule has 0 spiro atoms. The number of sulfonamides is 1. The van der Waals surface area contributed by atoms with Crippen molar-refractivity contribution in [3.8, 4) is 0 Å². The van der Waals surface area contributed by atoms with E-state index in [1.807, 2.05) is 0 Å². The van der Waals surface area contributed by atoms with Crippen LogP contribution in [0.5, 0.6) is 0 Å². The van der Waals surface area contributed by atoms with Crippen LogP contribution in [0.1, 0.15) is 0 Å². The summed E-state index contributed by atoms with van der Waals surface area (Å²) < 4.78 is 42.2. The average Bonchev–Trinajstić information content (AvgIpc) is 2.49. The van der Waals surface area contributed by atoms with Crippen LogP contribution in [0.4, 0.5) is 10.1 Å². The maximum atomic E-state index is 13.8. The first-order chi connectivity index (χ1) is 10.5. The molecule has 7 heteroatoms. The van der Waals surface area contributed by atoms with Crippen molar-refractivity contribution in [2.45, 2.75) is 4.90 Å². The fourth-order valence-corrected chi connectivity index (χ4v) is 3.35. The molecule has 0 aliphatic heterocycles. The van der Waals surface area contributed by atoms with E-state index in [4.69, 9.17) is 11.6 Å². The summed E-state index contributed by atoms with van der Waals surface area (Å²) in [5, 5.41) is 0.830. The molecule has 0 N–H and O–H groups in total. The van der Waals surface area contributed by atoms with Gasteiger partial charge in [-0.15, -0.1) is 0 Å². The molecular formula is C15H9ClFN2O2S-. The van der Waals surface area contributed by atoms with Crippen LogP contribution in [-0.2, 0) is 10.0 Å². The molecule has 22 heavy (non-hydrogen) atoms. The van der Waals surface area contributed by atoms with Crippen molar-refractivity contribution in [1.82, 2.24) is 4.98 Å². The largest absolute Gasteiger partial charge is 0.570 e. The first-order valence-corrected chi connectivity index (χ1v) is 8.06. The van der Waals surface area contributed by atoms with Crippen molar-refractivity contribution in [2.24, 2.45) is 0 Å². The molecule has 2 aromatic carbocycles. The second-order valence-electron chi connectivity index (χ2n) is 4.49. The highest BCUT2D eigenvalue weighted by molar-refractivity contribution is 7.94. The Hall–Kier alpha value is -2.18. The van der Waals surface area contributed by atoms with Gasteiger partial charge in [-0.1, -0.05) is 41.6 Å². The Balaban J connectivity index is 2.09. The second kappa shape index (κ2) is 5.55. The molecule has 0 saturated heterocycles. The molecule has 112 valence electrons. The lowest BCUT2D eigenvalue weighted by Crippen LogP contribution is -2.00. The molecule has 1 heterocycles. The Morgan fingerprint density at radius 2 is 1.86 bits per heavy atom. The van der Waals surface area contributed by atoms with E-state index in [9.17, 15) is 12.8 Å². The number of fused-ring (bicyclic) bond motifs is 1. The summed E-state index contributed by atoms with van der Waals surface area (Å²) in [6.07, 6.45) is 1.49. The SMILES string of the molecule is O=S(=O)([N-]c1ccc(Cl)cc1F)c1cccc2cccnc12. The number of hydrogen-bond donors (Lipinski definition) is 0. The van der Waals surface area contributed by atoms with Crippen LogP contribution in [0.15, 0.2) is 59.6 Å². The third kappa shape index (κ3) is 2.75. The monoisotopic (exact) mass is 335 g/mol. The van der Waals surface area contributed by atoms with Crippen LogP contribution in [0.3, 0.4) is 0 Å². The van der Waals surface area contributed by atoms with E-state index in [2.05, 4.69) is 9.71 Å². The minimum atomic E-state index is -4.10. The second-order valence-corrected chi connectivity index (χ2v) is 6.50. The van der Waals surface area contributed by atoms with Gasteiger partial charge in [0.05, 0.1) is 10.4 Å². The highest BCUT2D eigenvalue weighted by Crippen LogP contribution is 2.33. The van der Waals surface area contributed by atoms with E-state index in [-0.39, 0.29) is 15.6 Å². The van der Waals surface area contributed by atoms with Gasteiger partial charge in [-0.3, -0.25) is 4.98 Å². The number of benzene rings is 2. The van der Waals surface area contributed by atoms with Gasteiger partial charge in [-0.25, -0.2) is 12.8 Å². The lowest BCUT2D eigenvalue weighted by atomic mass is 10.2. The lowest BCUT2D eigenvalue weighted by molar-refractivity contribution is 0.602. The quantitative estimate of drug-likeness (QED) is 0.711. The van der Waals surface area contributed by atoms with Crippen LogP contribution in [0, 0.1) is 5.82 Å². The summed E-state index contributed by atoms with van der Waals surface area (Å²) in [6, 6.07) is 11.8. The zero-order valence-electron chi connectivity index (χ0n) is 11.1. The summed E-state index contributed by atoms with van der Waals surface area (Å²) in [6.45, 7) is 0. The number of pyridine rings is 1. The number of hydrogen-bond acceptors (Lipinski definition) is 3. The van der Waals surface area contributed by atoms with Crippen LogP contribution < -0.4 is 0 Å². The van der Waals surface area contributed by atoms with Crippen LogP contribution in [0.25, 0.3) is 15.6 Å². The minimum Gasteiger partial charge on any atom is -0.570 e. The number of para-hydroxylation sites is 1. The summed E-state index contributed by atoms with van der Waals surface area (Å²) >= 11 is 5.64. The fourth-order valence-electron chi connectivity index (χ4n) is 2.02. The van der Waals surface area contributed by atoms with E-state index in [1.54, 1.807) is 24.3 Å². The van der Waals surface area contributed by atoms with E-state index < -0.39 is 15.8 Å². The minimum absolute atomic E-state index is 0.0695. The fraction of sp³-hybridized carbons (Fsp3) is 0. The molecule has 0 atom stereocenters. The molecule has 1 aromatic heterocycles. The van der Waals surface area contributed by atoms with Gasteiger partial charge in [0.25, 0.3) is 0 Å². The topological polar surface area (TPSA) is 61.1 Å². The summed E-state index contributed by atoms with van der Waals surface area (Å²) in [4.78, 5) is 4.00. The van der Waals surface area contributed by atoms with Gasteiger partial charge in [0, 0.05) is 16.6 Å². The van der Waals surface area contributed by atoms with Crippen molar-refractivity contribution in [3.63, 3.8) is 0 Å². The van der Waals surface area contributed by atoms with Gasteiger partial charge in [0.1, 0.15) is 15.8 Å². The summed E-state index contributed by atoms with van der Waals surface area (Å²) in [5.74, 6) is -0.802. The third-order valence-electron chi connectivity index (χ3n) is 3.00. The highest BCUT2D eigenvalue weighted by atomic mass is 35.5. The van der Waals surface area contributed by atoms with E-state index in [0.717, 1.165) is 6.07 Å². The Labute approximate surface area is 131 Å². The molecule has 3 aromatic rings. The van der Waals surface area contributed by atoms with Crippen molar-refractivity contribution in [2.75, 3.05) is 0 Å². The van der Waals surface area contributed by atoms with Gasteiger partial charge in [-0.2, -0.15) is 0 Å². The van der Waals surface area contributed by atoms with Gasteiger partial charge < -0.3 is 4.72 Å². The molecule has 0 radical (unpaired) electrons. The number of aromatic nitrogens is 1. The number of halogens is 2. The van der Waals surface area contributed by atoms with Crippen LogP contribution >= 0.6 is 11.6 Å². The maximum absolute atomic E-state index is 13.8. The third-order valence-corrected chi connectivity index (χ3v) is 4.56. The highest BCUT2D eigenvalue weighted by Gasteiger charge is 2.11. The molecule has 0 unspecified atom stereocenters. The molecule has 0 bridgehead atoms. The zero-order valence-corrected chi connectivity index (χ0v) is 12.6.